The standard InChI is InChI=1S/C25H30ClF2N5O4S/c1-31-6-8-32(9-7-31)16-2-3-21(20(26)10-16)38(36,37)17-11-18(22(34)30-24(13-29)4-5-24)19(12-17)23(35)33-14-25(27,28)15-33/h2-3,10,17-19H,4-9,11-12,14-15H2,1H3,(H,30,34)/t17-,18-,19-/m1/s1. The highest BCUT2D eigenvalue weighted by molar-refractivity contribution is 7.92. The van der Waals surface area contributed by atoms with Gasteiger partial charge in [0.1, 0.15) is 5.54 Å². The summed E-state index contributed by atoms with van der Waals surface area (Å²) in [6.07, 6.45) is 0.593. The molecular formula is C25H30ClF2N5O4S. The van der Waals surface area contributed by atoms with Crippen LogP contribution in [0.5, 0.6) is 0 Å². The van der Waals surface area contributed by atoms with Crippen molar-refractivity contribution < 1.29 is 26.8 Å². The molecule has 38 heavy (non-hydrogen) atoms. The molecule has 4 fully saturated rings. The molecule has 0 bridgehead atoms. The first-order valence-corrected chi connectivity index (χ1v) is 14.6. The molecule has 2 aliphatic carbocycles. The quantitative estimate of drug-likeness (QED) is 0.557. The third kappa shape index (κ3) is 5.08. The maximum atomic E-state index is 13.7. The zero-order chi connectivity index (χ0) is 27.5. The van der Waals surface area contributed by atoms with Gasteiger partial charge in [0.05, 0.1) is 46.2 Å². The van der Waals surface area contributed by atoms with E-state index in [9.17, 15) is 32.0 Å². The predicted molar refractivity (Wildman–Crippen MR) is 136 cm³/mol. The van der Waals surface area contributed by atoms with Gasteiger partial charge in [-0.15, -0.1) is 0 Å². The summed E-state index contributed by atoms with van der Waals surface area (Å²) in [5, 5.41) is 11.0. The van der Waals surface area contributed by atoms with Crippen LogP contribution in [0.3, 0.4) is 0 Å². The van der Waals surface area contributed by atoms with E-state index in [4.69, 9.17) is 11.6 Å². The van der Waals surface area contributed by atoms with Crippen molar-refractivity contribution in [3.05, 3.63) is 23.2 Å². The van der Waals surface area contributed by atoms with E-state index < -0.39 is 63.3 Å². The molecule has 1 N–H and O–H groups in total. The van der Waals surface area contributed by atoms with Crippen LogP contribution < -0.4 is 10.2 Å². The maximum Gasteiger partial charge on any atom is 0.282 e. The number of hydrogen-bond acceptors (Lipinski definition) is 7. The second-order valence-corrected chi connectivity index (χ2v) is 13.6. The second kappa shape index (κ2) is 9.61. The smallest absolute Gasteiger partial charge is 0.282 e. The van der Waals surface area contributed by atoms with E-state index in [0.29, 0.717) is 12.8 Å². The maximum absolute atomic E-state index is 13.7. The van der Waals surface area contributed by atoms with Gasteiger partial charge in [-0.3, -0.25) is 9.59 Å². The number of halogens is 3. The monoisotopic (exact) mass is 569 g/mol. The summed E-state index contributed by atoms with van der Waals surface area (Å²) in [5.41, 5.74) is -0.197. The topological polar surface area (TPSA) is 114 Å². The highest BCUT2D eigenvalue weighted by Crippen LogP contribution is 2.44. The molecule has 2 amide bonds. The molecule has 2 saturated carbocycles. The van der Waals surface area contributed by atoms with Crippen molar-refractivity contribution in [1.82, 2.24) is 15.1 Å². The number of nitriles is 1. The summed E-state index contributed by atoms with van der Waals surface area (Å²) in [6, 6.07) is 6.83. The number of carbonyl (C=O) groups excluding carboxylic acids is 2. The Morgan fingerprint density at radius 3 is 2.29 bits per heavy atom. The van der Waals surface area contributed by atoms with Crippen molar-refractivity contribution in [1.29, 1.82) is 5.26 Å². The zero-order valence-corrected chi connectivity index (χ0v) is 22.6. The van der Waals surface area contributed by atoms with Crippen LogP contribution in [0.4, 0.5) is 14.5 Å². The fraction of sp³-hybridized carbons (Fsp3) is 0.640. The first-order chi connectivity index (χ1) is 17.8. The van der Waals surface area contributed by atoms with E-state index in [2.05, 4.69) is 15.1 Å². The Hall–Kier alpha value is -2.49. The molecule has 2 heterocycles. The average molecular weight is 570 g/mol. The minimum Gasteiger partial charge on any atom is -0.369 e. The van der Waals surface area contributed by atoms with Crippen LogP contribution in [-0.2, 0) is 19.4 Å². The molecule has 1 aromatic rings. The Morgan fingerprint density at radius 2 is 1.74 bits per heavy atom. The van der Waals surface area contributed by atoms with Gasteiger partial charge in [-0.25, -0.2) is 17.2 Å². The van der Waals surface area contributed by atoms with Crippen molar-refractivity contribution in [2.24, 2.45) is 11.8 Å². The molecule has 2 saturated heterocycles. The number of rotatable bonds is 6. The molecule has 13 heteroatoms. The first kappa shape index (κ1) is 27.1. The van der Waals surface area contributed by atoms with Gasteiger partial charge in [-0.1, -0.05) is 11.6 Å². The summed E-state index contributed by atoms with van der Waals surface area (Å²) in [4.78, 5) is 31.5. The number of carbonyl (C=O) groups is 2. The van der Waals surface area contributed by atoms with E-state index in [1.165, 1.54) is 6.07 Å². The number of anilines is 1. The lowest BCUT2D eigenvalue weighted by Gasteiger charge is -2.40. The van der Waals surface area contributed by atoms with Crippen molar-refractivity contribution in [3.63, 3.8) is 0 Å². The number of likely N-dealkylation sites (tertiary alicyclic amines) is 1. The fourth-order valence-corrected chi connectivity index (χ4v) is 7.96. The second-order valence-electron chi connectivity index (χ2n) is 11.0. The van der Waals surface area contributed by atoms with Gasteiger partial charge < -0.3 is 20.0 Å². The van der Waals surface area contributed by atoms with Gasteiger partial charge in [0.2, 0.25) is 11.8 Å². The summed E-state index contributed by atoms with van der Waals surface area (Å²) in [5.74, 6) is -6.37. The number of hydrogen-bond donors (Lipinski definition) is 1. The first-order valence-electron chi connectivity index (χ1n) is 12.7. The Morgan fingerprint density at radius 1 is 1.11 bits per heavy atom. The lowest BCUT2D eigenvalue weighted by molar-refractivity contribution is -0.171. The van der Waals surface area contributed by atoms with E-state index in [-0.39, 0.29) is 22.8 Å². The van der Waals surface area contributed by atoms with Crippen LogP contribution in [0.25, 0.3) is 0 Å². The molecule has 0 aromatic heterocycles. The van der Waals surface area contributed by atoms with Crippen molar-refractivity contribution in [2.75, 3.05) is 51.2 Å². The minimum atomic E-state index is -4.05. The molecule has 3 atom stereocenters. The Balaban J connectivity index is 1.37. The SMILES string of the molecule is CN1CCN(c2ccc(S(=O)(=O)[C@@H]3C[C@@H](C(=O)NC4(C#N)CC4)[C@H](C(=O)N4CC(F)(F)C4)C3)c(Cl)c2)CC1. The third-order valence-corrected chi connectivity index (χ3v) is 10.8. The van der Waals surface area contributed by atoms with Crippen molar-refractivity contribution >= 4 is 38.9 Å². The molecule has 0 radical (unpaired) electrons. The molecule has 5 rings (SSSR count). The normalized spacial score (nSPS) is 28.3. The molecule has 1 aromatic carbocycles. The number of nitrogens with one attached hydrogen (secondary N) is 1. The van der Waals surface area contributed by atoms with E-state index >= 15 is 0 Å². The molecule has 4 aliphatic rings. The Labute approximate surface area is 225 Å². The summed E-state index contributed by atoms with van der Waals surface area (Å²) < 4.78 is 54.3. The van der Waals surface area contributed by atoms with Gasteiger partial charge in [-0.2, -0.15) is 5.26 Å². The van der Waals surface area contributed by atoms with Gasteiger partial charge in [-0.05, 0) is 50.9 Å². The van der Waals surface area contributed by atoms with Gasteiger partial charge >= 0.3 is 0 Å². The van der Waals surface area contributed by atoms with Crippen LogP contribution >= 0.6 is 11.6 Å². The third-order valence-electron chi connectivity index (χ3n) is 8.19. The highest BCUT2D eigenvalue weighted by Gasteiger charge is 2.55. The van der Waals surface area contributed by atoms with Crippen LogP contribution in [0, 0.1) is 23.2 Å². The summed E-state index contributed by atoms with van der Waals surface area (Å²) >= 11 is 6.48. The lowest BCUT2D eigenvalue weighted by Crippen LogP contribution is -2.60. The predicted octanol–water partition coefficient (Wildman–Crippen LogP) is 1.91. The largest absolute Gasteiger partial charge is 0.369 e. The molecule has 2 aliphatic heterocycles. The number of benzene rings is 1. The number of piperazine rings is 1. The lowest BCUT2D eigenvalue weighted by atomic mass is 9.92. The van der Waals surface area contributed by atoms with Gasteiger partial charge in [0, 0.05) is 31.9 Å². The summed E-state index contributed by atoms with van der Waals surface area (Å²) in [6.45, 7) is 1.79. The zero-order valence-electron chi connectivity index (χ0n) is 21.0. The van der Waals surface area contributed by atoms with Gasteiger partial charge in [0.15, 0.2) is 9.84 Å². The molecule has 9 nitrogen and oxygen atoms in total. The summed E-state index contributed by atoms with van der Waals surface area (Å²) in [7, 11) is -2.02. The molecule has 206 valence electrons. The van der Waals surface area contributed by atoms with Gasteiger partial charge in [0.25, 0.3) is 5.92 Å². The van der Waals surface area contributed by atoms with E-state index in [1.807, 2.05) is 13.1 Å². The van der Waals surface area contributed by atoms with Crippen molar-refractivity contribution in [3.8, 4) is 6.07 Å². The molecule has 0 spiro atoms. The van der Waals surface area contributed by atoms with Crippen LogP contribution in [0.1, 0.15) is 25.7 Å². The number of sulfone groups is 1. The Kier molecular flexibility index (Phi) is 6.85. The van der Waals surface area contributed by atoms with E-state index in [1.54, 1.807) is 12.1 Å². The molecular weight excluding hydrogens is 540 g/mol. The van der Waals surface area contributed by atoms with Crippen LogP contribution in [0.2, 0.25) is 5.02 Å². The number of amides is 2. The van der Waals surface area contributed by atoms with Crippen molar-refractivity contribution in [2.45, 2.75) is 47.3 Å². The van der Waals surface area contributed by atoms with Crippen LogP contribution in [0.15, 0.2) is 23.1 Å². The fourth-order valence-electron chi connectivity index (χ4n) is 5.59. The number of alkyl halides is 2. The average Bonchev–Trinajstić information content (AvgIpc) is 3.47. The number of likely N-dealkylation sites (N-methyl/N-ethyl adjacent to an activating group) is 1. The Bertz CT molecular complexity index is 1280. The number of nitrogens with zero attached hydrogens (tertiary/aromatic N) is 4. The minimum absolute atomic E-state index is 0.0565. The highest BCUT2D eigenvalue weighted by atomic mass is 35.5. The van der Waals surface area contributed by atoms with E-state index in [0.717, 1.165) is 36.8 Å². The van der Waals surface area contributed by atoms with Crippen LogP contribution in [-0.4, -0.2) is 93.1 Å². The molecule has 0 unspecified atom stereocenters.